The molecule has 1 heterocycles. The van der Waals surface area contributed by atoms with Crippen molar-refractivity contribution in [2.24, 2.45) is 5.92 Å². The summed E-state index contributed by atoms with van der Waals surface area (Å²) in [6.07, 6.45) is 4.23. The second kappa shape index (κ2) is 10.3. The Hall–Kier alpha value is -1.49. The van der Waals surface area contributed by atoms with Gasteiger partial charge in [-0.05, 0) is 0 Å². The van der Waals surface area contributed by atoms with Crippen molar-refractivity contribution in [3.05, 3.63) is 52.0 Å². The van der Waals surface area contributed by atoms with Crippen LogP contribution >= 0.6 is 23.2 Å². The molecule has 2 N–H and O–H groups in total. The van der Waals surface area contributed by atoms with Crippen LogP contribution in [0.5, 0.6) is 0 Å². The monoisotopic (exact) mass is 488 g/mol. The van der Waals surface area contributed by atoms with E-state index >= 15 is 0 Å². The first-order valence-corrected chi connectivity index (χ1v) is 12.9. The summed E-state index contributed by atoms with van der Waals surface area (Å²) in [5, 5.41) is 20.6. The van der Waals surface area contributed by atoms with E-state index in [0.717, 1.165) is 11.3 Å². The molecule has 0 aliphatic rings. The first-order valence-electron chi connectivity index (χ1n) is 8.83. The van der Waals surface area contributed by atoms with E-state index in [1.165, 1.54) is 0 Å². The van der Waals surface area contributed by atoms with E-state index in [9.17, 15) is 19.8 Å². The molecule has 2 unspecified atom stereocenters. The van der Waals surface area contributed by atoms with Gasteiger partial charge in [-0.1, -0.05) is 0 Å². The number of benzene rings is 1. The molecular weight excluding hydrogens is 466 g/mol. The number of nitrogens with zero attached hydrogens (tertiary/aromatic N) is 2. The minimum atomic E-state index is -2.65. The van der Waals surface area contributed by atoms with E-state index in [2.05, 4.69) is 4.98 Å². The number of halogens is 2. The van der Waals surface area contributed by atoms with Gasteiger partial charge in [0.25, 0.3) is 0 Å². The van der Waals surface area contributed by atoms with Crippen molar-refractivity contribution in [2.45, 2.75) is 43.1 Å². The summed E-state index contributed by atoms with van der Waals surface area (Å²) in [4.78, 5) is 27.6. The fourth-order valence-corrected chi connectivity index (χ4v) is 8.18. The number of hydrogen-bond donors (Lipinski definition) is 2. The molecule has 28 heavy (non-hydrogen) atoms. The number of carboxylic acids is 1. The molecule has 2 atom stereocenters. The predicted molar refractivity (Wildman–Crippen MR) is 111 cm³/mol. The van der Waals surface area contributed by atoms with Crippen LogP contribution < -0.4 is 0 Å². The molecule has 6 nitrogen and oxygen atoms in total. The summed E-state index contributed by atoms with van der Waals surface area (Å²) >= 11 is 9.45. The fourth-order valence-electron chi connectivity index (χ4n) is 3.03. The third-order valence-corrected chi connectivity index (χ3v) is 9.72. The number of aliphatic carboxylic acids is 1. The van der Waals surface area contributed by atoms with Gasteiger partial charge in [0.05, 0.1) is 0 Å². The Morgan fingerprint density at radius 2 is 1.82 bits per heavy atom. The predicted octanol–water partition coefficient (Wildman–Crippen LogP) is 5.04. The van der Waals surface area contributed by atoms with Gasteiger partial charge in [-0.3, -0.25) is 0 Å². The van der Waals surface area contributed by atoms with Crippen molar-refractivity contribution in [1.29, 1.82) is 0 Å². The standard InChI is InChI=1S/C19H23AsCl2N2O4/c1-12(2)5-17(18(25)26)20(19(27)28)4-3-16-9-23-11-24(16)10-13-6-14(21)8-15(22)7-13/h6-9,11-12,17H,3-5,10H2,1-2H3,(H,25,26)(H,27,28). The summed E-state index contributed by atoms with van der Waals surface area (Å²) in [6, 6.07) is 5.29. The molecular formula is C19H23AsCl2N2O4. The third-order valence-electron chi connectivity index (χ3n) is 4.28. The van der Waals surface area contributed by atoms with Gasteiger partial charge in [0.2, 0.25) is 0 Å². The van der Waals surface area contributed by atoms with Crippen LogP contribution in [0, 0.1) is 5.92 Å². The number of aryl methyl sites for hydroxylation is 1. The quantitative estimate of drug-likeness (QED) is 0.457. The number of hydrogen-bond acceptors (Lipinski definition) is 3. The number of rotatable bonds is 10. The van der Waals surface area contributed by atoms with Gasteiger partial charge >= 0.3 is 179 Å². The van der Waals surface area contributed by atoms with E-state index < -0.39 is 30.1 Å². The molecule has 152 valence electrons. The molecule has 2 aromatic rings. The Kier molecular flexibility index (Phi) is 8.41. The average molecular weight is 489 g/mol. The number of carboxylic acid groups (broad SMARTS) is 2. The number of carbonyl (C=O) groups is 2. The fraction of sp³-hybridized carbons (Fsp3) is 0.421. The third kappa shape index (κ3) is 6.54. The van der Waals surface area contributed by atoms with Crippen molar-refractivity contribution in [1.82, 2.24) is 9.55 Å². The number of imidazole rings is 1. The van der Waals surface area contributed by atoms with E-state index in [4.69, 9.17) is 23.2 Å². The second-order valence-electron chi connectivity index (χ2n) is 7.00. The molecule has 1 aromatic carbocycles. The van der Waals surface area contributed by atoms with Crippen LogP contribution in [0.2, 0.25) is 20.0 Å². The summed E-state index contributed by atoms with van der Waals surface area (Å²) in [5.41, 5.74) is 1.78. The second-order valence-corrected chi connectivity index (χ2v) is 12.9. The Morgan fingerprint density at radius 3 is 2.36 bits per heavy atom. The topological polar surface area (TPSA) is 92.4 Å². The molecule has 0 saturated carbocycles. The summed E-state index contributed by atoms with van der Waals surface area (Å²) in [6.45, 7) is 4.33. The molecule has 2 rings (SSSR count). The van der Waals surface area contributed by atoms with Crippen LogP contribution in [0.4, 0.5) is 4.79 Å². The van der Waals surface area contributed by atoms with Gasteiger partial charge in [0, 0.05) is 0 Å². The van der Waals surface area contributed by atoms with Crippen molar-refractivity contribution < 1.29 is 19.8 Å². The van der Waals surface area contributed by atoms with Crippen molar-refractivity contribution in [3.63, 3.8) is 0 Å². The summed E-state index contributed by atoms with van der Waals surface area (Å²) in [7, 11) is 0. The molecule has 0 saturated heterocycles. The molecule has 0 aliphatic heterocycles. The van der Waals surface area contributed by atoms with Crippen molar-refractivity contribution >= 4 is 48.6 Å². The van der Waals surface area contributed by atoms with Gasteiger partial charge in [0.1, 0.15) is 0 Å². The Balaban J connectivity index is 2.13. The summed E-state index contributed by atoms with van der Waals surface area (Å²) < 4.78 is 0.204. The molecule has 1 aromatic heterocycles. The van der Waals surface area contributed by atoms with Crippen molar-refractivity contribution in [3.8, 4) is 0 Å². The average Bonchev–Trinajstić information content (AvgIpc) is 2.99. The van der Waals surface area contributed by atoms with Crippen LogP contribution in [0.1, 0.15) is 31.5 Å². The summed E-state index contributed by atoms with van der Waals surface area (Å²) in [5.74, 6) is -0.867. The van der Waals surface area contributed by atoms with Crippen LogP contribution in [0.25, 0.3) is 0 Å². The molecule has 0 aliphatic carbocycles. The Bertz CT molecular complexity index is 821. The van der Waals surface area contributed by atoms with E-state index in [1.807, 2.05) is 30.5 Å². The maximum atomic E-state index is 11.8. The Morgan fingerprint density at radius 1 is 1.18 bits per heavy atom. The molecule has 0 fully saturated rings. The molecule has 0 amide bonds. The number of aromatic nitrogens is 2. The Labute approximate surface area is 178 Å². The maximum absolute atomic E-state index is 11.8. The first-order chi connectivity index (χ1) is 13.2. The molecule has 9 heteroatoms. The van der Waals surface area contributed by atoms with E-state index in [1.54, 1.807) is 18.6 Å². The molecule has 0 radical (unpaired) electrons. The van der Waals surface area contributed by atoms with Crippen LogP contribution in [-0.4, -0.2) is 45.1 Å². The minimum absolute atomic E-state index is 0.135. The van der Waals surface area contributed by atoms with E-state index in [-0.39, 0.29) is 5.92 Å². The van der Waals surface area contributed by atoms with Crippen LogP contribution in [0.15, 0.2) is 30.7 Å². The normalized spacial score (nSPS) is 13.5. The van der Waals surface area contributed by atoms with Crippen LogP contribution in [-0.2, 0) is 17.8 Å². The van der Waals surface area contributed by atoms with E-state index in [0.29, 0.717) is 34.6 Å². The van der Waals surface area contributed by atoms with Gasteiger partial charge in [-0.25, -0.2) is 0 Å². The molecule has 0 spiro atoms. The zero-order chi connectivity index (χ0) is 20.8. The SMILES string of the molecule is CC(C)CC(C(=O)O)[As](CCc1cncn1Cc1cc(Cl)cc(Cl)c1)C(=O)O. The van der Waals surface area contributed by atoms with Crippen molar-refractivity contribution in [2.75, 3.05) is 0 Å². The van der Waals surface area contributed by atoms with Gasteiger partial charge < -0.3 is 0 Å². The first kappa shape index (κ1) is 22.8. The van der Waals surface area contributed by atoms with Gasteiger partial charge in [0.15, 0.2) is 0 Å². The van der Waals surface area contributed by atoms with Gasteiger partial charge in [-0.2, -0.15) is 0 Å². The zero-order valence-corrected chi connectivity index (χ0v) is 19.1. The zero-order valence-electron chi connectivity index (χ0n) is 15.7. The molecule has 0 bridgehead atoms. The van der Waals surface area contributed by atoms with Gasteiger partial charge in [-0.15, -0.1) is 0 Å². The van der Waals surface area contributed by atoms with Crippen LogP contribution in [0.3, 0.4) is 0 Å².